The number of nitrogens with zero attached hydrogens (tertiary/aromatic N) is 3. The minimum atomic E-state index is 0.0196. The van der Waals surface area contributed by atoms with Crippen LogP contribution in [0.25, 0.3) is 0 Å². The van der Waals surface area contributed by atoms with E-state index in [4.69, 9.17) is 0 Å². The predicted molar refractivity (Wildman–Crippen MR) is 77.9 cm³/mol. The summed E-state index contributed by atoms with van der Waals surface area (Å²) in [6.45, 7) is 2.46. The third-order valence-electron chi connectivity index (χ3n) is 3.12. The fourth-order valence-electron chi connectivity index (χ4n) is 1.93. The van der Waals surface area contributed by atoms with E-state index >= 15 is 0 Å². The molecule has 1 amide bonds. The molecular weight excluding hydrogens is 306 g/mol. The summed E-state index contributed by atoms with van der Waals surface area (Å²) in [5, 5.41) is 4.15. The first-order valence-electron chi connectivity index (χ1n) is 5.98. The van der Waals surface area contributed by atoms with E-state index in [1.54, 1.807) is 22.8 Å². The van der Waals surface area contributed by atoms with Crippen LogP contribution in [0.2, 0.25) is 0 Å². The predicted octanol–water partition coefficient (Wildman–Crippen LogP) is 2.76. The molecule has 5 heteroatoms. The molecule has 0 atom stereocenters. The Morgan fingerprint density at radius 1 is 1.42 bits per heavy atom. The molecule has 1 aromatic heterocycles. The van der Waals surface area contributed by atoms with Crippen molar-refractivity contribution >= 4 is 21.8 Å². The first-order chi connectivity index (χ1) is 9.00. The zero-order chi connectivity index (χ0) is 14.0. The van der Waals surface area contributed by atoms with Gasteiger partial charge < -0.3 is 4.90 Å². The fourth-order valence-corrected chi connectivity index (χ4v) is 2.40. The molecule has 1 heterocycles. The van der Waals surface area contributed by atoms with E-state index in [9.17, 15) is 4.79 Å². The van der Waals surface area contributed by atoms with Crippen LogP contribution in [-0.4, -0.2) is 27.6 Å². The third-order valence-corrected chi connectivity index (χ3v) is 3.78. The molecule has 0 aliphatic rings. The Morgan fingerprint density at radius 3 is 2.68 bits per heavy atom. The van der Waals surface area contributed by atoms with Crippen LogP contribution in [0, 0.1) is 6.92 Å². The van der Waals surface area contributed by atoms with Crippen molar-refractivity contribution in [2.75, 3.05) is 7.05 Å². The van der Waals surface area contributed by atoms with Gasteiger partial charge in [-0.05, 0) is 34.5 Å². The van der Waals surface area contributed by atoms with Gasteiger partial charge in [0.15, 0.2) is 0 Å². The van der Waals surface area contributed by atoms with Crippen molar-refractivity contribution in [2.24, 2.45) is 7.05 Å². The highest BCUT2D eigenvalue weighted by Crippen LogP contribution is 2.18. The van der Waals surface area contributed by atoms with Crippen molar-refractivity contribution < 1.29 is 4.79 Å². The number of hydrogen-bond donors (Lipinski definition) is 0. The summed E-state index contributed by atoms with van der Waals surface area (Å²) in [6, 6.07) is 7.62. The molecule has 0 radical (unpaired) electrons. The minimum Gasteiger partial charge on any atom is -0.336 e. The highest BCUT2D eigenvalue weighted by atomic mass is 79.9. The van der Waals surface area contributed by atoms with Crippen LogP contribution in [0.1, 0.15) is 21.6 Å². The highest BCUT2D eigenvalue weighted by Gasteiger charge is 2.16. The van der Waals surface area contributed by atoms with Gasteiger partial charge in [0.05, 0.1) is 22.9 Å². The molecule has 2 rings (SSSR count). The lowest BCUT2D eigenvalue weighted by Gasteiger charge is -2.18. The van der Waals surface area contributed by atoms with Crippen molar-refractivity contribution in [3.8, 4) is 0 Å². The lowest BCUT2D eigenvalue weighted by Crippen LogP contribution is -2.28. The molecule has 2 aromatic rings. The number of rotatable bonds is 3. The first kappa shape index (κ1) is 13.8. The number of aryl methyl sites for hydroxylation is 2. The zero-order valence-electron chi connectivity index (χ0n) is 11.2. The summed E-state index contributed by atoms with van der Waals surface area (Å²) in [6.07, 6.45) is 1.74. The van der Waals surface area contributed by atoms with Crippen LogP contribution in [0.5, 0.6) is 0 Å². The molecule has 100 valence electrons. The standard InChI is InChI=1S/C14H16BrN3O/c1-10-6-4-5-7-11(10)14(19)17(2)9-13-12(15)8-16-18(13)3/h4-8H,9H2,1-3H3. The Balaban J connectivity index is 2.19. The first-order valence-corrected chi connectivity index (χ1v) is 6.77. The van der Waals surface area contributed by atoms with Crippen molar-refractivity contribution in [2.45, 2.75) is 13.5 Å². The molecule has 1 aromatic carbocycles. The van der Waals surface area contributed by atoms with Gasteiger partial charge in [-0.1, -0.05) is 18.2 Å². The minimum absolute atomic E-state index is 0.0196. The van der Waals surface area contributed by atoms with Crippen molar-refractivity contribution in [3.63, 3.8) is 0 Å². The summed E-state index contributed by atoms with van der Waals surface area (Å²) in [4.78, 5) is 14.1. The lowest BCUT2D eigenvalue weighted by molar-refractivity contribution is 0.0781. The smallest absolute Gasteiger partial charge is 0.254 e. The second-order valence-corrected chi connectivity index (χ2v) is 5.39. The van der Waals surface area contributed by atoms with Gasteiger partial charge in [-0.15, -0.1) is 0 Å². The summed E-state index contributed by atoms with van der Waals surface area (Å²) in [7, 11) is 3.67. The summed E-state index contributed by atoms with van der Waals surface area (Å²) < 4.78 is 2.69. The van der Waals surface area contributed by atoms with Gasteiger partial charge in [0.2, 0.25) is 0 Å². The normalized spacial score (nSPS) is 10.5. The monoisotopic (exact) mass is 321 g/mol. The van der Waals surface area contributed by atoms with Crippen molar-refractivity contribution in [3.05, 3.63) is 51.8 Å². The van der Waals surface area contributed by atoms with Crippen molar-refractivity contribution in [1.82, 2.24) is 14.7 Å². The van der Waals surface area contributed by atoms with Crippen molar-refractivity contribution in [1.29, 1.82) is 0 Å². The molecule has 0 bridgehead atoms. The Bertz CT molecular complexity index is 587. The SMILES string of the molecule is Cc1ccccc1C(=O)N(C)Cc1c(Br)cnn1C. The lowest BCUT2D eigenvalue weighted by atomic mass is 10.1. The van der Waals surface area contributed by atoms with Gasteiger partial charge in [-0.3, -0.25) is 9.48 Å². The number of halogens is 1. The van der Waals surface area contributed by atoms with Crippen LogP contribution < -0.4 is 0 Å². The number of amides is 1. The van der Waals surface area contributed by atoms with Gasteiger partial charge in [-0.25, -0.2) is 0 Å². The maximum absolute atomic E-state index is 12.4. The maximum Gasteiger partial charge on any atom is 0.254 e. The topological polar surface area (TPSA) is 38.1 Å². The van der Waals surface area contributed by atoms with E-state index in [1.807, 2.05) is 38.2 Å². The van der Waals surface area contributed by atoms with Gasteiger partial charge in [0, 0.05) is 19.7 Å². The van der Waals surface area contributed by atoms with E-state index in [1.165, 1.54) is 0 Å². The van der Waals surface area contributed by atoms with Gasteiger partial charge in [0.1, 0.15) is 0 Å². The van der Waals surface area contributed by atoms with E-state index in [0.29, 0.717) is 6.54 Å². The molecule has 0 saturated heterocycles. The average Bonchev–Trinajstić information content (AvgIpc) is 2.70. The quantitative estimate of drug-likeness (QED) is 0.871. The van der Waals surface area contributed by atoms with Gasteiger partial charge in [-0.2, -0.15) is 5.10 Å². The molecule has 0 fully saturated rings. The number of aromatic nitrogens is 2. The largest absolute Gasteiger partial charge is 0.336 e. The van der Waals surface area contributed by atoms with E-state index in [-0.39, 0.29) is 5.91 Å². The fraction of sp³-hybridized carbons (Fsp3) is 0.286. The summed E-state index contributed by atoms with van der Waals surface area (Å²) >= 11 is 3.44. The van der Waals surface area contributed by atoms with E-state index in [2.05, 4.69) is 21.0 Å². The van der Waals surface area contributed by atoms with Crippen LogP contribution >= 0.6 is 15.9 Å². The Hall–Kier alpha value is -1.62. The molecule has 0 saturated carbocycles. The maximum atomic E-state index is 12.4. The molecule has 0 unspecified atom stereocenters. The van der Waals surface area contributed by atoms with Crippen LogP contribution in [0.3, 0.4) is 0 Å². The van der Waals surface area contributed by atoms with Gasteiger partial charge in [0.25, 0.3) is 5.91 Å². The molecule has 0 aliphatic carbocycles. The number of hydrogen-bond acceptors (Lipinski definition) is 2. The molecule has 4 nitrogen and oxygen atoms in total. The summed E-state index contributed by atoms with van der Waals surface area (Å²) in [5.41, 5.74) is 2.70. The van der Waals surface area contributed by atoms with Crippen LogP contribution in [-0.2, 0) is 13.6 Å². The summed E-state index contributed by atoms with van der Waals surface area (Å²) in [5.74, 6) is 0.0196. The second-order valence-electron chi connectivity index (χ2n) is 4.54. The molecule has 0 spiro atoms. The van der Waals surface area contributed by atoms with E-state index < -0.39 is 0 Å². The van der Waals surface area contributed by atoms with E-state index in [0.717, 1.165) is 21.3 Å². The van der Waals surface area contributed by atoms with Crippen LogP contribution in [0.15, 0.2) is 34.9 Å². The number of carbonyl (C=O) groups excluding carboxylic acids is 1. The molecule has 19 heavy (non-hydrogen) atoms. The molecular formula is C14H16BrN3O. The van der Waals surface area contributed by atoms with Crippen LogP contribution in [0.4, 0.5) is 0 Å². The number of benzene rings is 1. The molecule has 0 N–H and O–H groups in total. The van der Waals surface area contributed by atoms with Gasteiger partial charge >= 0.3 is 0 Å². The Labute approximate surface area is 121 Å². The Kier molecular flexibility index (Phi) is 4.04. The Morgan fingerprint density at radius 2 is 2.11 bits per heavy atom. The molecule has 0 aliphatic heterocycles. The number of carbonyl (C=O) groups is 1. The second kappa shape index (κ2) is 5.57. The highest BCUT2D eigenvalue weighted by molar-refractivity contribution is 9.10. The average molecular weight is 322 g/mol. The zero-order valence-corrected chi connectivity index (χ0v) is 12.8. The third kappa shape index (κ3) is 2.87.